The number of benzene rings is 2. The van der Waals surface area contributed by atoms with Gasteiger partial charge in [-0.25, -0.2) is 0 Å². The Bertz CT molecular complexity index is 809. The summed E-state index contributed by atoms with van der Waals surface area (Å²) < 4.78 is 5.29. The molecule has 0 saturated heterocycles. The first-order valence-corrected chi connectivity index (χ1v) is 9.92. The third-order valence-corrected chi connectivity index (χ3v) is 6.76. The number of hydrogen-bond acceptors (Lipinski definition) is 3. The number of ether oxygens (including phenoxy) is 1. The highest BCUT2D eigenvalue weighted by molar-refractivity contribution is 5.44. The fraction of sp³-hybridized carbons (Fsp3) is 0.478. The maximum Gasteiger partial charge on any atom is 0.118 e. The molecule has 3 heteroatoms. The molecule has 2 atom stereocenters. The van der Waals surface area contributed by atoms with E-state index >= 15 is 0 Å². The van der Waals surface area contributed by atoms with Crippen molar-refractivity contribution in [3.63, 3.8) is 0 Å². The quantitative estimate of drug-likeness (QED) is 0.889. The van der Waals surface area contributed by atoms with Crippen LogP contribution in [0.4, 0.5) is 0 Å². The second-order valence-corrected chi connectivity index (χ2v) is 8.22. The van der Waals surface area contributed by atoms with Crippen LogP contribution in [0.25, 0.3) is 0 Å². The first-order chi connectivity index (χ1) is 12.7. The third-order valence-electron chi connectivity index (χ3n) is 6.76. The van der Waals surface area contributed by atoms with E-state index in [0.717, 1.165) is 30.8 Å². The highest BCUT2D eigenvalue weighted by atomic mass is 16.5. The molecule has 2 aromatic rings. The molecule has 0 radical (unpaired) electrons. The molecular weight excluding hydrogens is 320 g/mol. The smallest absolute Gasteiger partial charge is 0.118 e. The molecule has 26 heavy (non-hydrogen) atoms. The molecule has 3 aliphatic rings. The minimum Gasteiger partial charge on any atom is -0.497 e. The SMILES string of the molecule is CNC1(c2ccc3c(c2)CCN(Cc2ccc(OC)cc2)C2CC32)CC1. The van der Waals surface area contributed by atoms with Gasteiger partial charge in [0, 0.05) is 30.6 Å². The molecule has 2 fully saturated rings. The molecule has 1 aliphatic heterocycles. The number of hydrogen-bond donors (Lipinski definition) is 1. The Morgan fingerprint density at radius 1 is 1.15 bits per heavy atom. The lowest BCUT2D eigenvalue weighted by atomic mass is 9.94. The van der Waals surface area contributed by atoms with Gasteiger partial charge in [0.2, 0.25) is 0 Å². The monoisotopic (exact) mass is 348 g/mol. The number of rotatable bonds is 5. The van der Waals surface area contributed by atoms with Crippen molar-refractivity contribution in [1.82, 2.24) is 10.2 Å². The van der Waals surface area contributed by atoms with E-state index in [1.54, 1.807) is 18.2 Å². The van der Waals surface area contributed by atoms with Crippen LogP contribution in [0.5, 0.6) is 5.75 Å². The molecule has 2 aromatic carbocycles. The Morgan fingerprint density at radius 3 is 2.65 bits per heavy atom. The summed E-state index contributed by atoms with van der Waals surface area (Å²) >= 11 is 0. The summed E-state index contributed by atoms with van der Waals surface area (Å²) in [6.45, 7) is 2.21. The molecule has 1 N–H and O–H groups in total. The minimum absolute atomic E-state index is 0.271. The first-order valence-electron chi connectivity index (χ1n) is 9.92. The van der Waals surface area contributed by atoms with Crippen LogP contribution >= 0.6 is 0 Å². The molecule has 2 unspecified atom stereocenters. The predicted molar refractivity (Wildman–Crippen MR) is 105 cm³/mol. The van der Waals surface area contributed by atoms with Crippen molar-refractivity contribution in [3.05, 3.63) is 64.7 Å². The second-order valence-electron chi connectivity index (χ2n) is 8.22. The lowest BCUT2D eigenvalue weighted by Gasteiger charge is -2.21. The second kappa shape index (κ2) is 6.11. The average molecular weight is 348 g/mol. The summed E-state index contributed by atoms with van der Waals surface area (Å²) in [4.78, 5) is 2.69. The number of methoxy groups -OCH3 is 1. The number of nitrogens with one attached hydrogen (secondary N) is 1. The van der Waals surface area contributed by atoms with Gasteiger partial charge in [-0.05, 0) is 67.1 Å². The van der Waals surface area contributed by atoms with Crippen molar-refractivity contribution in [2.45, 2.75) is 49.7 Å². The molecule has 136 valence electrons. The Kier molecular flexibility index (Phi) is 3.84. The van der Waals surface area contributed by atoms with Crippen LogP contribution in [-0.2, 0) is 18.5 Å². The molecule has 2 aliphatic carbocycles. The van der Waals surface area contributed by atoms with Gasteiger partial charge in [0.1, 0.15) is 5.75 Å². The van der Waals surface area contributed by atoms with Crippen LogP contribution in [0.3, 0.4) is 0 Å². The van der Waals surface area contributed by atoms with E-state index in [-0.39, 0.29) is 5.54 Å². The lowest BCUT2D eigenvalue weighted by molar-refractivity contribution is 0.258. The van der Waals surface area contributed by atoms with Gasteiger partial charge in [-0.2, -0.15) is 0 Å². The van der Waals surface area contributed by atoms with Crippen molar-refractivity contribution >= 4 is 0 Å². The molecule has 0 aromatic heterocycles. The minimum atomic E-state index is 0.271. The standard InChI is InChI=1S/C23H28N2O/c1-24-23(10-11-23)18-5-8-20-17(13-18)9-12-25(22-14-21(20)22)15-16-3-6-19(26-2)7-4-16/h3-8,13,21-22,24H,9-12,14-15H2,1-2H3. The predicted octanol–water partition coefficient (Wildman–Crippen LogP) is 3.82. The Labute approximate surface area is 156 Å². The van der Waals surface area contributed by atoms with Gasteiger partial charge in [0.05, 0.1) is 7.11 Å². The van der Waals surface area contributed by atoms with E-state index in [1.165, 1.54) is 36.8 Å². The average Bonchev–Trinajstić information content (AvgIpc) is 3.58. The van der Waals surface area contributed by atoms with Gasteiger partial charge in [-0.3, -0.25) is 4.90 Å². The molecule has 2 saturated carbocycles. The van der Waals surface area contributed by atoms with Crippen LogP contribution in [0.2, 0.25) is 0 Å². The Hall–Kier alpha value is -1.84. The summed E-state index contributed by atoms with van der Waals surface area (Å²) in [6, 6.07) is 16.6. The molecule has 0 bridgehead atoms. The third kappa shape index (κ3) is 2.74. The summed E-state index contributed by atoms with van der Waals surface area (Å²) in [7, 11) is 3.83. The summed E-state index contributed by atoms with van der Waals surface area (Å²) in [5.41, 5.74) is 6.36. The summed E-state index contributed by atoms with van der Waals surface area (Å²) in [6.07, 6.45) is 5.04. The van der Waals surface area contributed by atoms with E-state index in [0.29, 0.717) is 0 Å². The zero-order valence-corrected chi connectivity index (χ0v) is 15.8. The van der Waals surface area contributed by atoms with Crippen molar-refractivity contribution in [1.29, 1.82) is 0 Å². The van der Waals surface area contributed by atoms with Crippen LogP contribution in [-0.4, -0.2) is 31.6 Å². The van der Waals surface area contributed by atoms with Crippen molar-refractivity contribution in [2.24, 2.45) is 0 Å². The fourth-order valence-corrected chi connectivity index (χ4v) is 4.80. The molecule has 1 heterocycles. The van der Waals surface area contributed by atoms with E-state index in [4.69, 9.17) is 4.74 Å². The summed E-state index contributed by atoms with van der Waals surface area (Å²) in [5, 5.41) is 3.54. The van der Waals surface area contributed by atoms with Crippen molar-refractivity contribution in [2.75, 3.05) is 20.7 Å². The molecule has 5 rings (SSSR count). The number of nitrogens with zero attached hydrogens (tertiary/aromatic N) is 1. The maximum atomic E-state index is 5.29. The topological polar surface area (TPSA) is 24.5 Å². The van der Waals surface area contributed by atoms with Crippen LogP contribution in [0.15, 0.2) is 42.5 Å². The highest BCUT2D eigenvalue weighted by Crippen LogP contribution is 2.51. The van der Waals surface area contributed by atoms with Gasteiger partial charge in [0.25, 0.3) is 0 Å². The van der Waals surface area contributed by atoms with E-state index in [9.17, 15) is 0 Å². The fourth-order valence-electron chi connectivity index (χ4n) is 4.80. The van der Waals surface area contributed by atoms with Gasteiger partial charge < -0.3 is 10.1 Å². The molecule has 0 spiro atoms. The normalized spacial score (nSPS) is 25.8. The molecular formula is C23H28N2O. The molecule has 3 nitrogen and oxygen atoms in total. The maximum absolute atomic E-state index is 5.29. The van der Waals surface area contributed by atoms with Gasteiger partial charge in [0.15, 0.2) is 0 Å². The van der Waals surface area contributed by atoms with E-state index in [1.807, 2.05) is 0 Å². The van der Waals surface area contributed by atoms with Gasteiger partial charge in [-0.15, -0.1) is 0 Å². The first kappa shape index (κ1) is 16.3. The van der Waals surface area contributed by atoms with Crippen molar-refractivity contribution < 1.29 is 4.74 Å². The summed E-state index contributed by atoms with van der Waals surface area (Å²) in [5.74, 6) is 1.68. The highest BCUT2D eigenvalue weighted by Gasteiger charge is 2.47. The lowest BCUT2D eigenvalue weighted by Crippen LogP contribution is -2.27. The van der Waals surface area contributed by atoms with E-state index < -0.39 is 0 Å². The van der Waals surface area contributed by atoms with Crippen LogP contribution < -0.4 is 10.1 Å². The zero-order chi connectivity index (χ0) is 17.7. The largest absolute Gasteiger partial charge is 0.497 e. The van der Waals surface area contributed by atoms with E-state index in [2.05, 4.69) is 59.7 Å². The Morgan fingerprint density at radius 2 is 1.96 bits per heavy atom. The molecule has 0 amide bonds. The van der Waals surface area contributed by atoms with Crippen LogP contribution in [0.1, 0.15) is 47.4 Å². The van der Waals surface area contributed by atoms with Crippen LogP contribution in [0, 0.1) is 0 Å². The van der Waals surface area contributed by atoms with Crippen molar-refractivity contribution in [3.8, 4) is 5.75 Å². The number of fused-ring (bicyclic) bond motifs is 3. The van der Waals surface area contributed by atoms with Gasteiger partial charge in [-0.1, -0.05) is 30.3 Å². The Balaban J connectivity index is 1.34. The zero-order valence-electron chi connectivity index (χ0n) is 15.8. The van der Waals surface area contributed by atoms with Gasteiger partial charge >= 0.3 is 0 Å².